The Hall–Kier alpha value is -0.0800. The number of rotatable bonds is 4. The molecule has 1 aliphatic carbocycles. The van der Waals surface area contributed by atoms with E-state index < -0.39 is 0 Å². The number of hydrogen-bond donors (Lipinski definition) is 1. The van der Waals surface area contributed by atoms with Crippen LogP contribution in [0.3, 0.4) is 0 Å². The van der Waals surface area contributed by atoms with E-state index in [0.717, 1.165) is 25.6 Å². The topological polar surface area (TPSA) is 40.1 Å². The number of nitrogens with zero attached hydrogens (tertiary/aromatic N) is 3. The molecule has 2 aliphatic heterocycles. The average molecular weight is 450 g/mol. The van der Waals surface area contributed by atoms with Gasteiger partial charge in [0.1, 0.15) is 0 Å². The van der Waals surface area contributed by atoms with Gasteiger partial charge in [0.2, 0.25) is 0 Å². The second-order valence-electron chi connectivity index (χ2n) is 7.45. The number of piperidine rings is 1. The maximum atomic E-state index is 5.55. The molecule has 2 saturated heterocycles. The van der Waals surface area contributed by atoms with Gasteiger partial charge in [-0.2, -0.15) is 0 Å². The molecular formula is C18H35IN4O. The second kappa shape index (κ2) is 9.57. The molecule has 0 aromatic heterocycles. The van der Waals surface area contributed by atoms with Crippen LogP contribution in [0, 0.1) is 0 Å². The molecular weight excluding hydrogens is 415 g/mol. The van der Waals surface area contributed by atoms with Gasteiger partial charge in [-0.3, -0.25) is 9.89 Å². The van der Waals surface area contributed by atoms with E-state index in [9.17, 15) is 0 Å². The van der Waals surface area contributed by atoms with Crippen LogP contribution in [0.5, 0.6) is 0 Å². The van der Waals surface area contributed by atoms with Crippen LogP contribution in [0.15, 0.2) is 4.99 Å². The first-order chi connectivity index (χ1) is 11.3. The Balaban J connectivity index is 0.00000208. The highest BCUT2D eigenvalue weighted by Gasteiger charge is 2.41. The lowest BCUT2D eigenvalue weighted by molar-refractivity contribution is -0.00176. The smallest absolute Gasteiger partial charge is 0.193 e. The molecule has 0 atom stereocenters. The Morgan fingerprint density at radius 1 is 1.08 bits per heavy atom. The highest BCUT2D eigenvalue weighted by Crippen LogP contribution is 2.36. The predicted molar refractivity (Wildman–Crippen MR) is 110 cm³/mol. The molecule has 0 unspecified atom stereocenters. The van der Waals surface area contributed by atoms with Crippen LogP contribution in [-0.4, -0.2) is 74.3 Å². The van der Waals surface area contributed by atoms with Crippen LogP contribution < -0.4 is 5.32 Å². The van der Waals surface area contributed by atoms with Gasteiger partial charge >= 0.3 is 0 Å². The van der Waals surface area contributed by atoms with Crippen molar-refractivity contribution in [1.29, 1.82) is 0 Å². The number of halogens is 1. The molecule has 0 aromatic rings. The fourth-order valence-corrected chi connectivity index (χ4v) is 4.71. The van der Waals surface area contributed by atoms with Crippen molar-refractivity contribution in [2.45, 2.75) is 63.0 Å². The predicted octanol–water partition coefficient (Wildman–Crippen LogP) is 2.70. The van der Waals surface area contributed by atoms with Crippen LogP contribution >= 0.6 is 24.0 Å². The van der Waals surface area contributed by atoms with Crippen molar-refractivity contribution in [3.63, 3.8) is 0 Å². The molecule has 6 heteroatoms. The molecule has 1 N–H and O–H groups in total. The van der Waals surface area contributed by atoms with Gasteiger partial charge in [-0.25, -0.2) is 0 Å². The average Bonchev–Trinajstić information content (AvgIpc) is 3.28. The third kappa shape index (κ3) is 4.55. The van der Waals surface area contributed by atoms with Crippen LogP contribution in [0.1, 0.15) is 51.4 Å². The van der Waals surface area contributed by atoms with E-state index in [-0.39, 0.29) is 24.0 Å². The van der Waals surface area contributed by atoms with Crippen LogP contribution in [0.25, 0.3) is 0 Å². The van der Waals surface area contributed by atoms with Crippen molar-refractivity contribution in [1.82, 2.24) is 15.1 Å². The first-order valence-corrected chi connectivity index (χ1v) is 9.51. The largest absolute Gasteiger partial charge is 0.381 e. The van der Waals surface area contributed by atoms with Crippen molar-refractivity contribution in [3.05, 3.63) is 0 Å². The standard InChI is InChI=1S/C18H34N4O.HI/c1-19-17(21-11-5-6-12-21)20-15-18(9-3-4-10-18)22-13-7-16(23-2)8-14-22;/h16H,3-15H2,1-2H3,(H,19,20);1H. The fraction of sp³-hybridized carbons (Fsp3) is 0.944. The number of likely N-dealkylation sites (tertiary alicyclic amines) is 2. The summed E-state index contributed by atoms with van der Waals surface area (Å²) in [6.45, 7) is 5.73. The molecule has 140 valence electrons. The molecule has 3 fully saturated rings. The highest BCUT2D eigenvalue weighted by atomic mass is 127. The van der Waals surface area contributed by atoms with Gasteiger partial charge in [-0.05, 0) is 38.5 Å². The van der Waals surface area contributed by atoms with E-state index in [4.69, 9.17) is 4.74 Å². The van der Waals surface area contributed by atoms with Crippen LogP contribution in [-0.2, 0) is 4.74 Å². The highest BCUT2D eigenvalue weighted by molar-refractivity contribution is 14.0. The lowest BCUT2D eigenvalue weighted by atomic mass is 9.91. The van der Waals surface area contributed by atoms with Gasteiger partial charge in [0.25, 0.3) is 0 Å². The van der Waals surface area contributed by atoms with E-state index in [1.807, 2.05) is 14.2 Å². The molecule has 3 rings (SSSR count). The molecule has 5 nitrogen and oxygen atoms in total. The Labute approximate surface area is 164 Å². The minimum atomic E-state index is 0. The zero-order chi connectivity index (χ0) is 16.1. The van der Waals surface area contributed by atoms with Crippen molar-refractivity contribution >= 4 is 29.9 Å². The normalized spacial score (nSPS) is 25.8. The first kappa shape index (κ1) is 20.2. The summed E-state index contributed by atoms with van der Waals surface area (Å²) in [5, 5.41) is 3.72. The number of methoxy groups -OCH3 is 1. The zero-order valence-corrected chi connectivity index (χ0v) is 17.8. The lowest BCUT2D eigenvalue weighted by Crippen LogP contribution is -2.58. The lowest BCUT2D eigenvalue weighted by Gasteiger charge is -2.45. The molecule has 0 amide bonds. The molecule has 24 heavy (non-hydrogen) atoms. The Kier molecular flexibility index (Phi) is 8.07. The summed E-state index contributed by atoms with van der Waals surface area (Å²) in [6.07, 6.45) is 10.8. The minimum Gasteiger partial charge on any atom is -0.381 e. The molecule has 0 spiro atoms. The van der Waals surface area contributed by atoms with E-state index >= 15 is 0 Å². The van der Waals surface area contributed by atoms with Gasteiger partial charge in [0.05, 0.1) is 6.10 Å². The van der Waals surface area contributed by atoms with Gasteiger partial charge < -0.3 is 15.0 Å². The summed E-state index contributed by atoms with van der Waals surface area (Å²) >= 11 is 0. The SMILES string of the molecule is CN=C(NCC1(N2CCC(OC)CC2)CCCC1)N1CCCC1.I. The summed E-state index contributed by atoms with van der Waals surface area (Å²) in [7, 11) is 3.78. The zero-order valence-electron chi connectivity index (χ0n) is 15.4. The van der Waals surface area contributed by atoms with E-state index in [1.165, 1.54) is 64.5 Å². The molecule has 2 heterocycles. The maximum Gasteiger partial charge on any atom is 0.193 e. The quantitative estimate of drug-likeness (QED) is 0.406. The number of guanidine groups is 1. The summed E-state index contributed by atoms with van der Waals surface area (Å²) < 4.78 is 5.55. The fourth-order valence-electron chi connectivity index (χ4n) is 4.71. The molecule has 0 radical (unpaired) electrons. The summed E-state index contributed by atoms with van der Waals surface area (Å²) in [6, 6.07) is 0. The van der Waals surface area contributed by atoms with E-state index in [1.54, 1.807) is 0 Å². The Morgan fingerprint density at radius 2 is 1.71 bits per heavy atom. The molecule has 0 bridgehead atoms. The number of hydrogen-bond acceptors (Lipinski definition) is 3. The van der Waals surface area contributed by atoms with Crippen molar-refractivity contribution in [3.8, 4) is 0 Å². The van der Waals surface area contributed by atoms with Gasteiger partial charge in [-0.1, -0.05) is 12.8 Å². The molecule has 3 aliphatic rings. The van der Waals surface area contributed by atoms with E-state index in [0.29, 0.717) is 11.6 Å². The number of aliphatic imine (C=N–C) groups is 1. The summed E-state index contributed by atoms with van der Waals surface area (Å²) in [4.78, 5) is 9.69. The van der Waals surface area contributed by atoms with Gasteiger partial charge in [0.15, 0.2) is 5.96 Å². The first-order valence-electron chi connectivity index (χ1n) is 9.51. The van der Waals surface area contributed by atoms with Crippen molar-refractivity contribution in [2.75, 3.05) is 46.9 Å². The molecule has 0 aromatic carbocycles. The monoisotopic (exact) mass is 450 g/mol. The van der Waals surface area contributed by atoms with Crippen LogP contribution in [0.4, 0.5) is 0 Å². The Bertz CT molecular complexity index is 398. The molecule has 1 saturated carbocycles. The van der Waals surface area contributed by atoms with Crippen LogP contribution in [0.2, 0.25) is 0 Å². The van der Waals surface area contributed by atoms with Crippen molar-refractivity contribution in [2.24, 2.45) is 4.99 Å². The maximum absolute atomic E-state index is 5.55. The van der Waals surface area contributed by atoms with Gasteiger partial charge in [-0.15, -0.1) is 24.0 Å². The van der Waals surface area contributed by atoms with Gasteiger partial charge in [0, 0.05) is 52.4 Å². The van der Waals surface area contributed by atoms with Crippen molar-refractivity contribution < 1.29 is 4.74 Å². The number of ether oxygens (including phenoxy) is 1. The Morgan fingerprint density at radius 3 is 2.25 bits per heavy atom. The number of nitrogens with one attached hydrogen (secondary N) is 1. The van der Waals surface area contributed by atoms with E-state index in [2.05, 4.69) is 20.1 Å². The summed E-state index contributed by atoms with van der Waals surface area (Å²) in [5.74, 6) is 1.11. The summed E-state index contributed by atoms with van der Waals surface area (Å²) in [5.41, 5.74) is 0.342. The third-order valence-corrected chi connectivity index (χ3v) is 6.17. The second-order valence-corrected chi connectivity index (χ2v) is 7.45. The minimum absolute atomic E-state index is 0. The third-order valence-electron chi connectivity index (χ3n) is 6.17.